The lowest BCUT2D eigenvalue weighted by Gasteiger charge is -2.08. The van der Waals surface area contributed by atoms with Crippen LogP contribution in [-0.4, -0.2) is 24.0 Å². The number of halogens is 3. The van der Waals surface area contributed by atoms with E-state index >= 15 is 0 Å². The highest BCUT2D eigenvalue weighted by Crippen LogP contribution is 2.37. The number of fused-ring (bicyclic) bond motifs is 1. The van der Waals surface area contributed by atoms with Gasteiger partial charge in [-0.15, -0.1) is 11.3 Å². The summed E-state index contributed by atoms with van der Waals surface area (Å²) in [4.78, 5) is 38.4. The van der Waals surface area contributed by atoms with Crippen LogP contribution in [0, 0.1) is 6.92 Å². The van der Waals surface area contributed by atoms with Crippen molar-refractivity contribution in [2.75, 3.05) is 5.32 Å². The van der Waals surface area contributed by atoms with Crippen molar-refractivity contribution in [2.24, 2.45) is 5.10 Å². The average Bonchev–Trinajstić information content (AvgIpc) is 3.30. The Bertz CT molecular complexity index is 1870. The van der Waals surface area contributed by atoms with Crippen LogP contribution in [0.5, 0.6) is 5.75 Å². The van der Waals surface area contributed by atoms with E-state index in [9.17, 15) is 14.4 Å². The molecule has 42 heavy (non-hydrogen) atoms. The number of rotatable bonds is 7. The summed E-state index contributed by atoms with van der Waals surface area (Å²) in [5, 5.41) is 8.38. The fourth-order valence-electron chi connectivity index (χ4n) is 3.95. The van der Waals surface area contributed by atoms with Crippen LogP contribution in [-0.2, 0) is 0 Å². The first-order valence-corrected chi connectivity index (χ1v) is 14.8. The molecule has 210 valence electrons. The number of benzene rings is 4. The van der Waals surface area contributed by atoms with Crippen molar-refractivity contribution in [1.82, 2.24) is 5.43 Å². The van der Waals surface area contributed by atoms with Gasteiger partial charge in [0.1, 0.15) is 10.6 Å². The zero-order valence-electron chi connectivity index (χ0n) is 21.8. The highest BCUT2D eigenvalue weighted by Gasteiger charge is 2.20. The van der Waals surface area contributed by atoms with Crippen LogP contribution in [0.1, 0.15) is 41.5 Å². The number of anilines is 1. The third-order valence-corrected chi connectivity index (χ3v) is 8.37. The van der Waals surface area contributed by atoms with Crippen molar-refractivity contribution in [3.8, 4) is 5.75 Å². The second-order valence-corrected chi connectivity index (χ2v) is 11.8. The van der Waals surface area contributed by atoms with E-state index in [1.54, 1.807) is 72.8 Å². The molecule has 5 rings (SSSR count). The zero-order chi connectivity index (χ0) is 29.8. The second-order valence-electron chi connectivity index (χ2n) is 9.06. The summed E-state index contributed by atoms with van der Waals surface area (Å²) in [5.41, 5.74) is 5.30. The maximum atomic E-state index is 13.0. The van der Waals surface area contributed by atoms with Crippen LogP contribution >= 0.6 is 50.5 Å². The first-order valence-electron chi connectivity index (χ1n) is 12.4. The average molecular weight is 681 g/mol. The molecule has 2 amide bonds. The molecular formula is C31H20BrCl2N3O4S. The topological polar surface area (TPSA) is 96.9 Å². The van der Waals surface area contributed by atoms with Gasteiger partial charge < -0.3 is 10.1 Å². The first kappa shape index (κ1) is 29.5. The summed E-state index contributed by atoms with van der Waals surface area (Å²) < 4.78 is 7.13. The smallest absolute Gasteiger partial charge is 0.355 e. The number of carbonyl (C=O) groups excluding carboxylic acids is 3. The molecule has 0 radical (unpaired) electrons. The molecule has 0 fully saturated rings. The van der Waals surface area contributed by atoms with Crippen molar-refractivity contribution in [1.29, 1.82) is 0 Å². The number of hydrazone groups is 1. The molecule has 4 aromatic carbocycles. The molecule has 0 aliphatic heterocycles. The van der Waals surface area contributed by atoms with Gasteiger partial charge in [0.25, 0.3) is 11.8 Å². The predicted molar refractivity (Wildman–Crippen MR) is 172 cm³/mol. The summed E-state index contributed by atoms with van der Waals surface area (Å²) in [6, 6.07) is 23.9. The minimum atomic E-state index is -0.632. The molecule has 0 spiro atoms. The Labute approximate surface area is 263 Å². The number of nitrogens with zero attached hydrogens (tertiary/aromatic N) is 1. The quantitative estimate of drug-likeness (QED) is 0.0780. The lowest BCUT2D eigenvalue weighted by Crippen LogP contribution is -2.18. The molecule has 5 aromatic rings. The van der Waals surface area contributed by atoms with Gasteiger partial charge in [0, 0.05) is 42.0 Å². The zero-order valence-corrected chi connectivity index (χ0v) is 25.7. The molecule has 11 heteroatoms. The molecule has 1 heterocycles. The summed E-state index contributed by atoms with van der Waals surface area (Å²) in [6.45, 7) is 1.91. The van der Waals surface area contributed by atoms with Gasteiger partial charge in [0.05, 0.1) is 11.2 Å². The van der Waals surface area contributed by atoms with E-state index in [0.717, 1.165) is 10.3 Å². The summed E-state index contributed by atoms with van der Waals surface area (Å²) in [6.07, 6.45) is 1.37. The van der Waals surface area contributed by atoms with Gasteiger partial charge >= 0.3 is 5.97 Å². The normalized spacial score (nSPS) is 11.0. The summed E-state index contributed by atoms with van der Waals surface area (Å²) >= 11 is 17.1. The number of hydrogen-bond donors (Lipinski definition) is 2. The second kappa shape index (κ2) is 12.9. The number of nitrogens with one attached hydrogen (secondary N) is 2. The standard InChI is InChI=1S/C31H20BrCl2N3O4S/c1-17-3-2-4-19(13-17)29(38)36-23-9-5-18(6-10-23)30(39)37-35-16-20-14-21(32)7-12-25(20)41-31(40)28-27(34)24-11-8-22(33)15-26(24)42-28/h2-16H,1H3,(H,36,38)(H,37,39)/b35-16-. The Hall–Kier alpha value is -4.02. The van der Waals surface area contributed by atoms with Crippen LogP contribution in [0.4, 0.5) is 5.69 Å². The van der Waals surface area contributed by atoms with Gasteiger partial charge in [-0.2, -0.15) is 5.10 Å². The summed E-state index contributed by atoms with van der Waals surface area (Å²) in [7, 11) is 0. The Morgan fingerprint density at radius 1 is 0.905 bits per heavy atom. The lowest BCUT2D eigenvalue weighted by atomic mass is 10.1. The van der Waals surface area contributed by atoms with Gasteiger partial charge in [-0.3, -0.25) is 9.59 Å². The summed E-state index contributed by atoms with van der Waals surface area (Å²) in [5.74, 6) is -1.12. The SMILES string of the molecule is Cc1cccc(C(=O)Nc2ccc(C(=O)N/N=C\c3cc(Br)ccc3OC(=O)c3sc4cc(Cl)ccc4c3Cl)cc2)c1. The van der Waals surface area contributed by atoms with Crippen molar-refractivity contribution >= 4 is 90.2 Å². The van der Waals surface area contributed by atoms with Gasteiger partial charge in [-0.1, -0.05) is 62.9 Å². The molecule has 0 aliphatic rings. The van der Waals surface area contributed by atoms with Gasteiger partial charge in [0.15, 0.2) is 0 Å². The molecule has 2 N–H and O–H groups in total. The lowest BCUT2D eigenvalue weighted by molar-refractivity contribution is 0.0739. The largest absolute Gasteiger partial charge is 0.422 e. The number of aryl methyl sites for hydroxylation is 1. The van der Waals surface area contributed by atoms with Gasteiger partial charge in [-0.05, 0) is 73.7 Å². The van der Waals surface area contributed by atoms with Crippen molar-refractivity contribution in [2.45, 2.75) is 6.92 Å². The third-order valence-electron chi connectivity index (χ3n) is 6.01. The van der Waals surface area contributed by atoms with E-state index in [4.69, 9.17) is 27.9 Å². The van der Waals surface area contributed by atoms with E-state index in [2.05, 4.69) is 31.8 Å². The minimum absolute atomic E-state index is 0.224. The highest BCUT2D eigenvalue weighted by molar-refractivity contribution is 9.10. The molecular weight excluding hydrogens is 661 g/mol. The van der Waals surface area contributed by atoms with Crippen LogP contribution in [0.3, 0.4) is 0 Å². The fourth-order valence-corrected chi connectivity index (χ4v) is 5.99. The van der Waals surface area contributed by atoms with E-state index in [1.807, 2.05) is 19.1 Å². The molecule has 7 nitrogen and oxygen atoms in total. The van der Waals surface area contributed by atoms with Crippen molar-refractivity contribution in [3.05, 3.63) is 127 Å². The Balaban J connectivity index is 1.24. The molecule has 1 aromatic heterocycles. The minimum Gasteiger partial charge on any atom is -0.422 e. The molecule has 0 unspecified atom stereocenters. The number of esters is 1. The van der Waals surface area contributed by atoms with Gasteiger partial charge in [-0.25, -0.2) is 10.2 Å². The van der Waals surface area contributed by atoms with E-state index < -0.39 is 11.9 Å². The maximum absolute atomic E-state index is 13.0. The number of thiophene rings is 1. The third kappa shape index (κ3) is 6.88. The van der Waals surface area contributed by atoms with Crippen LogP contribution in [0.2, 0.25) is 10.0 Å². The number of carbonyl (C=O) groups is 3. The van der Waals surface area contributed by atoms with Crippen LogP contribution in [0.15, 0.2) is 94.5 Å². The Morgan fingerprint density at radius 2 is 1.69 bits per heavy atom. The maximum Gasteiger partial charge on any atom is 0.355 e. The molecule has 0 bridgehead atoms. The van der Waals surface area contributed by atoms with Crippen LogP contribution < -0.4 is 15.5 Å². The molecule has 0 atom stereocenters. The van der Waals surface area contributed by atoms with E-state index in [0.29, 0.717) is 37.3 Å². The van der Waals surface area contributed by atoms with Crippen LogP contribution in [0.25, 0.3) is 10.1 Å². The van der Waals surface area contributed by atoms with Gasteiger partial charge in [0.2, 0.25) is 0 Å². The molecule has 0 saturated heterocycles. The van der Waals surface area contributed by atoms with Crippen molar-refractivity contribution in [3.63, 3.8) is 0 Å². The number of hydrogen-bond acceptors (Lipinski definition) is 6. The first-order chi connectivity index (χ1) is 20.2. The highest BCUT2D eigenvalue weighted by atomic mass is 79.9. The number of amides is 2. The fraction of sp³-hybridized carbons (Fsp3) is 0.0323. The van der Waals surface area contributed by atoms with E-state index in [-0.39, 0.29) is 21.6 Å². The Kier molecular flexibility index (Phi) is 9.03. The number of ether oxygens (including phenoxy) is 1. The predicted octanol–water partition coefficient (Wildman–Crippen LogP) is 8.51. The van der Waals surface area contributed by atoms with Crippen molar-refractivity contribution < 1.29 is 19.1 Å². The monoisotopic (exact) mass is 679 g/mol. The van der Waals surface area contributed by atoms with E-state index in [1.165, 1.54) is 17.6 Å². The Morgan fingerprint density at radius 3 is 2.45 bits per heavy atom. The molecule has 0 saturated carbocycles. The molecule has 0 aliphatic carbocycles.